The maximum absolute atomic E-state index is 6.10. The molecule has 1 fully saturated rings. The summed E-state index contributed by atoms with van der Waals surface area (Å²) in [6, 6.07) is 8.13. The van der Waals surface area contributed by atoms with Crippen molar-refractivity contribution in [1.29, 1.82) is 0 Å². The second-order valence-electron chi connectivity index (χ2n) is 5.97. The second-order valence-corrected chi connectivity index (χ2v) is 8.50. The van der Waals surface area contributed by atoms with Crippen molar-refractivity contribution in [2.45, 2.75) is 35.8 Å². The topological polar surface area (TPSA) is 39.9 Å². The molecule has 0 bridgehead atoms. The molecule has 1 heterocycles. The zero-order chi connectivity index (χ0) is 16.6. The van der Waals surface area contributed by atoms with Gasteiger partial charge in [-0.25, -0.2) is 0 Å². The van der Waals surface area contributed by atoms with Gasteiger partial charge in [0.1, 0.15) is 10.1 Å². The van der Waals surface area contributed by atoms with Gasteiger partial charge < -0.3 is 4.74 Å². The Morgan fingerprint density at radius 2 is 1.96 bits per heavy atom. The van der Waals surface area contributed by atoms with Gasteiger partial charge in [0.05, 0.1) is 7.11 Å². The van der Waals surface area contributed by atoms with Crippen LogP contribution in [0.5, 0.6) is 5.75 Å². The fraction of sp³-hybridized carbons (Fsp3) is 0.500. The molecule has 1 saturated carbocycles. The van der Waals surface area contributed by atoms with E-state index in [2.05, 4.69) is 28.6 Å². The molecule has 7 heteroatoms. The Morgan fingerprint density at radius 1 is 1.30 bits per heavy atom. The monoisotopic (exact) mass is 371 g/mol. The van der Waals surface area contributed by atoms with Crippen molar-refractivity contribution in [3.63, 3.8) is 0 Å². The highest BCUT2D eigenvalue weighted by atomic mass is 35.5. The largest absolute Gasteiger partial charge is 0.497 e. The summed E-state index contributed by atoms with van der Waals surface area (Å²) in [5.41, 5.74) is 1.02. The quantitative estimate of drug-likeness (QED) is 0.538. The van der Waals surface area contributed by atoms with Crippen LogP contribution in [0, 0.1) is 5.92 Å². The Morgan fingerprint density at radius 3 is 2.48 bits per heavy atom. The van der Waals surface area contributed by atoms with Crippen molar-refractivity contribution in [2.24, 2.45) is 5.92 Å². The van der Waals surface area contributed by atoms with E-state index < -0.39 is 4.33 Å². The van der Waals surface area contributed by atoms with Gasteiger partial charge in [-0.15, -0.1) is 33.4 Å². The lowest BCUT2D eigenvalue weighted by atomic mass is 10.2. The minimum Gasteiger partial charge on any atom is -0.497 e. The van der Waals surface area contributed by atoms with E-state index in [1.165, 1.54) is 0 Å². The number of hydrogen-bond acceptors (Lipinski definition) is 4. The Hall–Kier alpha value is -0.910. The first kappa shape index (κ1) is 16.9. The van der Waals surface area contributed by atoms with Gasteiger partial charge in [-0.1, -0.05) is 11.8 Å². The molecule has 0 radical (unpaired) electrons. The molecule has 0 spiro atoms. The maximum Gasteiger partial charge on any atom is 0.191 e. The van der Waals surface area contributed by atoms with Gasteiger partial charge in [-0.3, -0.25) is 4.57 Å². The highest BCUT2D eigenvalue weighted by Crippen LogP contribution is 2.54. The molecule has 1 aromatic heterocycles. The number of halogens is 2. The van der Waals surface area contributed by atoms with Gasteiger partial charge >= 0.3 is 0 Å². The third kappa shape index (κ3) is 3.62. The molecule has 0 N–H and O–H groups in total. The van der Waals surface area contributed by atoms with Gasteiger partial charge in [0.25, 0.3) is 0 Å². The van der Waals surface area contributed by atoms with Crippen molar-refractivity contribution >= 4 is 35.0 Å². The summed E-state index contributed by atoms with van der Waals surface area (Å²) < 4.78 is 6.81. The van der Waals surface area contributed by atoms with Crippen molar-refractivity contribution in [3.8, 4) is 17.1 Å². The highest BCUT2D eigenvalue weighted by Gasteiger charge is 2.51. The standard InChI is InChI=1S/C16H19Cl2N3OS/c1-10(2)21-14(11-4-6-13(22-3)7-5-11)19-20-15(21)23-9-12-8-16(12,17)18/h4-7,10,12H,8-9H2,1-3H3/t12-/m1/s1. The van der Waals surface area contributed by atoms with Crippen LogP contribution in [0.4, 0.5) is 0 Å². The van der Waals surface area contributed by atoms with Crippen LogP contribution in [0.2, 0.25) is 0 Å². The fourth-order valence-electron chi connectivity index (χ4n) is 2.40. The number of nitrogens with zero attached hydrogens (tertiary/aromatic N) is 3. The van der Waals surface area contributed by atoms with Gasteiger partial charge in [-0.05, 0) is 44.5 Å². The van der Waals surface area contributed by atoms with Crippen molar-refractivity contribution in [3.05, 3.63) is 24.3 Å². The summed E-state index contributed by atoms with van der Waals surface area (Å²) >= 11 is 13.9. The number of rotatable bonds is 6. The summed E-state index contributed by atoms with van der Waals surface area (Å²) in [6.45, 7) is 4.26. The lowest BCUT2D eigenvalue weighted by Gasteiger charge is -2.14. The average molecular weight is 372 g/mol. The Labute approximate surface area is 150 Å². The molecule has 3 rings (SSSR count). The number of benzene rings is 1. The van der Waals surface area contributed by atoms with Gasteiger partial charge in [0.2, 0.25) is 0 Å². The zero-order valence-electron chi connectivity index (χ0n) is 13.3. The van der Waals surface area contributed by atoms with Crippen LogP contribution in [0.25, 0.3) is 11.4 Å². The predicted molar refractivity (Wildman–Crippen MR) is 95.7 cm³/mol. The van der Waals surface area contributed by atoms with Crippen LogP contribution in [0.15, 0.2) is 29.4 Å². The number of ether oxygens (including phenoxy) is 1. The van der Waals surface area contributed by atoms with Crippen LogP contribution >= 0.6 is 35.0 Å². The lowest BCUT2D eigenvalue weighted by Crippen LogP contribution is -2.06. The minimum atomic E-state index is -0.547. The molecule has 1 atom stereocenters. The molecular formula is C16H19Cl2N3OS. The second kappa shape index (κ2) is 6.54. The summed E-state index contributed by atoms with van der Waals surface area (Å²) in [6.07, 6.45) is 0.851. The van der Waals surface area contributed by atoms with Crippen LogP contribution in [0.3, 0.4) is 0 Å². The van der Waals surface area contributed by atoms with Gasteiger partial charge in [-0.2, -0.15) is 0 Å². The average Bonchev–Trinajstić information content (AvgIpc) is 2.95. The molecule has 4 nitrogen and oxygen atoms in total. The van der Waals surface area contributed by atoms with Crippen LogP contribution in [-0.2, 0) is 0 Å². The van der Waals surface area contributed by atoms with Crippen molar-refractivity contribution < 1.29 is 4.74 Å². The molecule has 23 heavy (non-hydrogen) atoms. The molecule has 1 aliphatic rings. The Bertz CT molecular complexity index is 685. The third-order valence-electron chi connectivity index (χ3n) is 3.90. The first-order chi connectivity index (χ1) is 10.9. The molecule has 1 aliphatic carbocycles. The first-order valence-electron chi connectivity index (χ1n) is 7.52. The van der Waals surface area contributed by atoms with Crippen LogP contribution in [0.1, 0.15) is 26.3 Å². The summed E-state index contributed by atoms with van der Waals surface area (Å²) in [4.78, 5) is 0. The first-order valence-corrected chi connectivity index (χ1v) is 9.26. The smallest absolute Gasteiger partial charge is 0.191 e. The minimum absolute atomic E-state index is 0.264. The van der Waals surface area contributed by atoms with E-state index in [0.717, 1.165) is 34.5 Å². The summed E-state index contributed by atoms with van der Waals surface area (Å²) in [5.74, 6) is 2.88. The number of thioether (sulfide) groups is 1. The van der Waals surface area contributed by atoms with E-state index in [-0.39, 0.29) is 6.04 Å². The zero-order valence-corrected chi connectivity index (χ0v) is 15.6. The van der Waals surface area contributed by atoms with Crippen LogP contribution in [-0.4, -0.2) is 32.0 Å². The normalized spacial score (nSPS) is 19.1. The Balaban J connectivity index is 1.82. The van der Waals surface area contributed by atoms with E-state index in [9.17, 15) is 0 Å². The molecule has 1 aromatic carbocycles. The SMILES string of the molecule is COc1ccc(-c2nnc(SC[C@H]3CC3(Cl)Cl)n2C(C)C)cc1. The summed E-state index contributed by atoms with van der Waals surface area (Å²) in [7, 11) is 1.66. The Kier molecular flexibility index (Phi) is 4.81. The molecule has 0 unspecified atom stereocenters. The molecule has 0 amide bonds. The number of methoxy groups -OCH3 is 1. The van der Waals surface area contributed by atoms with E-state index in [0.29, 0.717) is 5.92 Å². The predicted octanol–water partition coefficient (Wildman–Crippen LogP) is 4.82. The molecule has 0 aliphatic heterocycles. The van der Waals surface area contributed by atoms with Gasteiger partial charge in [0, 0.05) is 23.3 Å². The molecule has 124 valence electrons. The van der Waals surface area contributed by atoms with Crippen LogP contribution < -0.4 is 4.74 Å². The highest BCUT2D eigenvalue weighted by molar-refractivity contribution is 7.99. The van der Waals surface area contributed by atoms with Crippen molar-refractivity contribution in [1.82, 2.24) is 14.8 Å². The van der Waals surface area contributed by atoms with E-state index in [4.69, 9.17) is 27.9 Å². The number of aromatic nitrogens is 3. The van der Waals surface area contributed by atoms with E-state index >= 15 is 0 Å². The third-order valence-corrected chi connectivity index (χ3v) is 5.93. The summed E-state index contributed by atoms with van der Waals surface area (Å²) in [5, 5.41) is 9.65. The lowest BCUT2D eigenvalue weighted by molar-refractivity contribution is 0.415. The number of alkyl halides is 2. The molecule has 2 aromatic rings. The van der Waals surface area contributed by atoms with Gasteiger partial charge in [0.15, 0.2) is 11.0 Å². The molecular weight excluding hydrogens is 353 g/mol. The molecule has 0 saturated heterocycles. The van der Waals surface area contributed by atoms with Crippen molar-refractivity contribution in [2.75, 3.05) is 12.9 Å². The fourth-order valence-corrected chi connectivity index (χ4v) is 4.40. The maximum atomic E-state index is 6.10. The van der Waals surface area contributed by atoms with E-state index in [1.807, 2.05) is 24.3 Å². The number of hydrogen-bond donors (Lipinski definition) is 0. The van der Waals surface area contributed by atoms with E-state index in [1.54, 1.807) is 18.9 Å².